The summed E-state index contributed by atoms with van der Waals surface area (Å²) >= 11 is 0. The van der Waals surface area contributed by atoms with E-state index in [1.807, 2.05) is 60.8 Å². The second-order valence-electron chi connectivity index (χ2n) is 6.03. The van der Waals surface area contributed by atoms with Crippen molar-refractivity contribution in [2.45, 2.75) is 39.3 Å². The summed E-state index contributed by atoms with van der Waals surface area (Å²) in [6, 6.07) is 11.7. The van der Waals surface area contributed by atoms with Gasteiger partial charge in [-0.15, -0.1) is 0 Å². The van der Waals surface area contributed by atoms with Crippen LogP contribution in [0.4, 0.5) is 0 Å². The number of fused-ring (bicyclic) bond motifs is 3. The SMILES string of the molecule is CC(C)NC(=O)CCCn1c(=O)c2cccn2c2ccccc21. The summed E-state index contributed by atoms with van der Waals surface area (Å²) in [6.45, 7) is 4.42. The third kappa shape index (κ3) is 2.99. The predicted molar refractivity (Wildman–Crippen MR) is 91.7 cm³/mol. The van der Waals surface area contributed by atoms with E-state index in [9.17, 15) is 9.59 Å². The van der Waals surface area contributed by atoms with Gasteiger partial charge < -0.3 is 14.3 Å². The van der Waals surface area contributed by atoms with E-state index in [1.165, 1.54) is 0 Å². The molecule has 0 atom stereocenters. The number of carbonyl (C=O) groups excluding carboxylic acids is 1. The van der Waals surface area contributed by atoms with Gasteiger partial charge in [0.2, 0.25) is 5.91 Å². The van der Waals surface area contributed by atoms with Crippen LogP contribution in [0.15, 0.2) is 47.4 Å². The molecule has 0 aliphatic heterocycles. The minimum absolute atomic E-state index is 0.0158. The fraction of sp³-hybridized carbons (Fsp3) is 0.333. The van der Waals surface area contributed by atoms with Crippen LogP contribution in [0.1, 0.15) is 26.7 Å². The fourth-order valence-electron chi connectivity index (χ4n) is 2.92. The van der Waals surface area contributed by atoms with Crippen molar-refractivity contribution in [1.29, 1.82) is 0 Å². The van der Waals surface area contributed by atoms with Crippen LogP contribution < -0.4 is 10.9 Å². The number of rotatable bonds is 5. The smallest absolute Gasteiger partial charge is 0.275 e. The molecule has 0 saturated heterocycles. The van der Waals surface area contributed by atoms with Crippen LogP contribution in [0, 0.1) is 0 Å². The van der Waals surface area contributed by atoms with Gasteiger partial charge in [-0.25, -0.2) is 0 Å². The molecule has 2 heterocycles. The Morgan fingerprint density at radius 2 is 1.78 bits per heavy atom. The summed E-state index contributed by atoms with van der Waals surface area (Å²) in [5.74, 6) is 0.0288. The first-order valence-corrected chi connectivity index (χ1v) is 7.96. The van der Waals surface area contributed by atoms with Crippen molar-refractivity contribution in [3.05, 3.63) is 52.9 Å². The lowest BCUT2D eigenvalue weighted by molar-refractivity contribution is -0.121. The molecule has 120 valence electrons. The number of aryl methyl sites for hydroxylation is 1. The highest BCUT2D eigenvalue weighted by Gasteiger charge is 2.10. The first-order chi connectivity index (χ1) is 11.1. The van der Waals surface area contributed by atoms with Crippen molar-refractivity contribution in [3.63, 3.8) is 0 Å². The van der Waals surface area contributed by atoms with E-state index < -0.39 is 0 Å². The highest BCUT2D eigenvalue weighted by atomic mass is 16.1. The summed E-state index contributed by atoms with van der Waals surface area (Å²) < 4.78 is 3.69. The molecule has 3 rings (SSSR count). The molecule has 0 unspecified atom stereocenters. The van der Waals surface area contributed by atoms with E-state index in [0.29, 0.717) is 24.9 Å². The van der Waals surface area contributed by atoms with E-state index in [2.05, 4.69) is 5.32 Å². The Morgan fingerprint density at radius 1 is 1.09 bits per heavy atom. The summed E-state index contributed by atoms with van der Waals surface area (Å²) in [5, 5.41) is 2.88. The minimum Gasteiger partial charge on any atom is -0.354 e. The number of hydrogen-bond donors (Lipinski definition) is 1. The Labute approximate surface area is 134 Å². The molecule has 0 aliphatic carbocycles. The van der Waals surface area contributed by atoms with Crippen LogP contribution in [0.2, 0.25) is 0 Å². The van der Waals surface area contributed by atoms with Crippen molar-refractivity contribution < 1.29 is 4.79 Å². The van der Waals surface area contributed by atoms with Crippen molar-refractivity contribution in [1.82, 2.24) is 14.3 Å². The molecule has 1 N–H and O–H groups in total. The molecule has 0 aliphatic rings. The normalized spacial score (nSPS) is 11.4. The molecular weight excluding hydrogens is 290 g/mol. The maximum absolute atomic E-state index is 12.7. The van der Waals surface area contributed by atoms with Crippen molar-refractivity contribution in [3.8, 4) is 0 Å². The third-order valence-electron chi connectivity index (χ3n) is 3.88. The lowest BCUT2D eigenvalue weighted by Gasteiger charge is -2.13. The summed E-state index contributed by atoms with van der Waals surface area (Å²) in [4.78, 5) is 24.5. The largest absolute Gasteiger partial charge is 0.354 e. The van der Waals surface area contributed by atoms with Gasteiger partial charge in [-0.05, 0) is 44.5 Å². The maximum atomic E-state index is 12.7. The van der Waals surface area contributed by atoms with E-state index in [-0.39, 0.29) is 17.5 Å². The van der Waals surface area contributed by atoms with Crippen molar-refractivity contribution >= 4 is 22.5 Å². The fourth-order valence-corrected chi connectivity index (χ4v) is 2.92. The lowest BCUT2D eigenvalue weighted by atomic mass is 10.2. The van der Waals surface area contributed by atoms with E-state index in [0.717, 1.165) is 11.0 Å². The highest BCUT2D eigenvalue weighted by molar-refractivity contribution is 5.79. The maximum Gasteiger partial charge on any atom is 0.275 e. The molecule has 0 radical (unpaired) electrons. The van der Waals surface area contributed by atoms with Gasteiger partial charge in [0.1, 0.15) is 5.52 Å². The average molecular weight is 311 g/mol. The molecule has 0 fully saturated rings. The Bertz CT molecular complexity index is 905. The van der Waals surface area contributed by atoms with Crippen LogP contribution in [-0.2, 0) is 11.3 Å². The van der Waals surface area contributed by atoms with Gasteiger partial charge in [0.05, 0.1) is 11.0 Å². The Morgan fingerprint density at radius 3 is 2.52 bits per heavy atom. The van der Waals surface area contributed by atoms with Crippen LogP contribution in [0.5, 0.6) is 0 Å². The van der Waals surface area contributed by atoms with Crippen molar-refractivity contribution in [2.75, 3.05) is 0 Å². The first kappa shape index (κ1) is 15.3. The molecule has 5 nitrogen and oxygen atoms in total. The zero-order valence-electron chi connectivity index (χ0n) is 13.5. The number of para-hydroxylation sites is 2. The molecule has 0 bridgehead atoms. The number of nitrogens with one attached hydrogen (secondary N) is 1. The zero-order valence-corrected chi connectivity index (χ0v) is 13.5. The van der Waals surface area contributed by atoms with Gasteiger partial charge in [0, 0.05) is 25.2 Å². The molecule has 1 amide bonds. The number of benzene rings is 1. The molecule has 1 aromatic carbocycles. The number of amides is 1. The van der Waals surface area contributed by atoms with E-state index in [1.54, 1.807) is 4.57 Å². The van der Waals surface area contributed by atoms with Crippen LogP contribution >= 0.6 is 0 Å². The predicted octanol–water partition coefficient (Wildman–Crippen LogP) is 2.56. The standard InChI is InChI=1S/C18H21N3O2/c1-13(2)19-17(22)10-6-12-21-15-8-4-3-7-14(15)20-11-5-9-16(20)18(21)23/h3-5,7-9,11,13H,6,10,12H2,1-2H3,(H,19,22). The summed E-state index contributed by atoms with van der Waals surface area (Å²) in [7, 11) is 0. The zero-order chi connectivity index (χ0) is 16.4. The lowest BCUT2D eigenvalue weighted by Crippen LogP contribution is -2.30. The van der Waals surface area contributed by atoms with Crippen LogP contribution in [0.3, 0.4) is 0 Å². The van der Waals surface area contributed by atoms with Gasteiger partial charge in [0.15, 0.2) is 0 Å². The van der Waals surface area contributed by atoms with Gasteiger partial charge in [-0.2, -0.15) is 0 Å². The van der Waals surface area contributed by atoms with Crippen molar-refractivity contribution in [2.24, 2.45) is 0 Å². The summed E-state index contributed by atoms with van der Waals surface area (Å²) in [6.07, 6.45) is 2.96. The van der Waals surface area contributed by atoms with Crippen LogP contribution in [-0.4, -0.2) is 20.9 Å². The molecule has 3 aromatic rings. The molecule has 0 spiro atoms. The monoisotopic (exact) mass is 311 g/mol. The Kier molecular flexibility index (Phi) is 4.19. The van der Waals surface area contributed by atoms with Gasteiger partial charge in [-0.1, -0.05) is 12.1 Å². The van der Waals surface area contributed by atoms with Gasteiger partial charge in [0.25, 0.3) is 5.56 Å². The number of hydrogen-bond acceptors (Lipinski definition) is 2. The van der Waals surface area contributed by atoms with E-state index in [4.69, 9.17) is 0 Å². The summed E-state index contributed by atoms with van der Waals surface area (Å²) in [5.41, 5.74) is 2.54. The van der Waals surface area contributed by atoms with Gasteiger partial charge >= 0.3 is 0 Å². The second-order valence-corrected chi connectivity index (χ2v) is 6.03. The number of aromatic nitrogens is 2. The van der Waals surface area contributed by atoms with Gasteiger partial charge in [-0.3, -0.25) is 9.59 Å². The molecule has 5 heteroatoms. The number of carbonyl (C=O) groups is 1. The number of nitrogens with zero attached hydrogens (tertiary/aromatic N) is 2. The molecule has 2 aromatic heterocycles. The minimum atomic E-state index is -0.0158. The average Bonchev–Trinajstić information content (AvgIpc) is 3.00. The molecule has 0 saturated carbocycles. The first-order valence-electron chi connectivity index (χ1n) is 7.96. The highest BCUT2D eigenvalue weighted by Crippen LogP contribution is 2.15. The molecule has 23 heavy (non-hydrogen) atoms. The quantitative estimate of drug-likeness (QED) is 0.787. The Balaban J connectivity index is 1.92. The van der Waals surface area contributed by atoms with E-state index >= 15 is 0 Å². The van der Waals surface area contributed by atoms with Crippen LogP contribution in [0.25, 0.3) is 16.6 Å². The molecular formula is C18H21N3O2. The third-order valence-corrected chi connectivity index (χ3v) is 3.88. The topological polar surface area (TPSA) is 55.5 Å². The second kappa shape index (κ2) is 6.28. The Hall–Kier alpha value is -2.56.